The van der Waals surface area contributed by atoms with E-state index in [9.17, 15) is 0 Å². The third-order valence-corrected chi connectivity index (χ3v) is 20.2. The highest BCUT2D eigenvalue weighted by atomic mass is 32.1. The van der Waals surface area contributed by atoms with Gasteiger partial charge in [0, 0.05) is 54.2 Å². The zero-order valence-corrected chi connectivity index (χ0v) is 43.8. The standard InChI is InChI=1S/C59H72S5/c1-7-11-15-19-23-46-47(24-20-16-12-8-2)58(64-57(46)55-35-33-52(62-55)51-30-26-42(6)60-51)56-36-34-54(63-56)53-32-31-50(61-53)43-27-29-45-44-28-25-41(5)39-48(44)59(49(45)40-43,37-21-17-13-9-3)38-22-18-14-10-4/h25-36,39-40H,7-24,37-38H2,1-6H3. The van der Waals surface area contributed by atoms with Crippen molar-refractivity contribution in [2.24, 2.45) is 0 Å². The molecule has 0 atom stereocenters. The molecule has 64 heavy (non-hydrogen) atoms. The topological polar surface area (TPSA) is 0 Å². The van der Waals surface area contributed by atoms with Crippen molar-refractivity contribution in [2.45, 2.75) is 175 Å². The molecular formula is C59H72S5. The van der Waals surface area contributed by atoms with E-state index in [1.165, 1.54) is 199 Å². The van der Waals surface area contributed by atoms with Crippen LogP contribution in [0.1, 0.15) is 176 Å². The Kier molecular flexibility index (Phi) is 16.8. The van der Waals surface area contributed by atoms with Gasteiger partial charge >= 0.3 is 0 Å². The summed E-state index contributed by atoms with van der Waals surface area (Å²) in [7, 11) is 0. The van der Waals surface area contributed by atoms with Crippen LogP contribution >= 0.6 is 56.7 Å². The van der Waals surface area contributed by atoms with Crippen LogP contribution in [-0.4, -0.2) is 0 Å². The Morgan fingerprint density at radius 2 is 0.812 bits per heavy atom. The fraction of sp³-hybridized carbons (Fsp3) is 0.458. The third kappa shape index (κ3) is 10.6. The maximum absolute atomic E-state index is 2.63. The molecule has 1 aliphatic carbocycles. The van der Waals surface area contributed by atoms with E-state index < -0.39 is 0 Å². The van der Waals surface area contributed by atoms with Crippen LogP contribution in [0, 0.1) is 13.8 Å². The van der Waals surface area contributed by atoms with Gasteiger partial charge in [-0.15, -0.1) is 56.7 Å². The summed E-state index contributed by atoms with van der Waals surface area (Å²) in [6, 6.07) is 34.0. The molecule has 338 valence electrons. The largest absolute Gasteiger partial charge is 0.140 e. The lowest BCUT2D eigenvalue weighted by Crippen LogP contribution is -2.25. The van der Waals surface area contributed by atoms with Crippen molar-refractivity contribution in [3.63, 3.8) is 0 Å². The van der Waals surface area contributed by atoms with Gasteiger partial charge in [0.25, 0.3) is 0 Å². The van der Waals surface area contributed by atoms with E-state index in [-0.39, 0.29) is 5.41 Å². The Hall–Kier alpha value is -3.06. The molecule has 0 unspecified atom stereocenters. The third-order valence-electron chi connectivity index (χ3n) is 13.9. The van der Waals surface area contributed by atoms with Crippen LogP contribution in [0.3, 0.4) is 0 Å². The van der Waals surface area contributed by atoms with Crippen LogP contribution in [0.15, 0.2) is 84.9 Å². The average molecular weight is 942 g/mol. The van der Waals surface area contributed by atoms with Crippen LogP contribution in [0.25, 0.3) is 60.6 Å². The summed E-state index contributed by atoms with van der Waals surface area (Å²) >= 11 is 10.0. The number of hydrogen-bond donors (Lipinski definition) is 0. The first-order chi connectivity index (χ1) is 31.4. The van der Waals surface area contributed by atoms with E-state index in [1.807, 2.05) is 45.3 Å². The molecular weight excluding hydrogens is 869 g/mol. The summed E-state index contributed by atoms with van der Waals surface area (Å²) in [5, 5.41) is 0. The molecule has 5 heterocycles. The van der Waals surface area contributed by atoms with E-state index >= 15 is 0 Å². The fourth-order valence-corrected chi connectivity index (χ4v) is 16.1. The van der Waals surface area contributed by atoms with Gasteiger partial charge < -0.3 is 0 Å². The van der Waals surface area contributed by atoms with Crippen molar-refractivity contribution in [2.75, 3.05) is 0 Å². The number of aryl methyl sites for hydroxylation is 2. The predicted molar refractivity (Wildman–Crippen MR) is 292 cm³/mol. The zero-order valence-electron chi connectivity index (χ0n) is 39.8. The number of hydrogen-bond acceptors (Lipinski definition) is 5. The maximum atomic E-state index is 2.63. The van der Waals surface area contributed by atoms with Gasteiger partial charge in [0.15, 0.2) is 0 Å². The molecule has 0 aliphatic heterocycles. The number of benzene rings is 2. The van der Waals surface area contributed by atoms with E-state index in [0.29, 0.717) is 0 Å². The average Bonchev–Trinajstić information content (AvgIpc) is 4.17. The van der Waals surface area contributed by atoms with Crippen LogP contribution in [0.5, 0.6) is 0 Å². The molecule has 0 saturated heterocycles. The fourth-order valence-electron chi connectivity index (χ4n) is 10.4. The molecule has 8 rings (SSSR count). The normalized spacial score (nSPS) is 13.0. The van der Waals surface area contributed by atoms with Crippen LogP contribution < -0.4 is 0 Å². The number of unbranched alkanes of at least 4 members (excludes halogenated alkanes) is 12. The minimum Gasteiger partial charge on any atom is -0.140 e. The van der Waals surface area contributed by atoms with E-state index in [2.05, 4.69) is 138 Å². The van der Waals surface area contributed by atoms with Gasteiger partial charge in [0.05, 0.1) is 0 Å². The lowest BCUT2D eigenvalue weighted by molar-refractivity contribution is 0.401. The minimum atomic E-state index is 0.104. The Labute approximate surface area is 407 Å². The van der Waals surface area contributed by atoms with Crippen LogP contribution in [0.2, 0.25) is 0 Å². The minimum absolute atomic E-state index is 0.104. The van der Waals surface area contributed by atoms with Crippen LogP contribution in [0.4, 0.5) is 0 Å². The van der Waals surface area contributed by atoms with Gasteiger partial charge in [-0.3, -0.25) is 0 Å². The summed E-state index contributed by atoms with van der Waals surface area (Å²) in [6.07, 6.45) is 25.8. The zero-order chi connectivity index (χ0) is 44.5. The maximum Gasteiger partial charge on any atom is 0.0484 e. The molecule has 0 amide bonds. The van der Waals surface area contributed by atoms with Crippen molar-refractivity contribution < 1.29 is 0 Å². The van der Waals surface area contributed by atoms with Crippen molar-refractivity contribution in [1.82, 2.24) is 0 Å². The van der Waals surface area contributed by atoms with Crippen molar-refractivity contribution in [3.05, 3.63) is 118 Å². The molecule has 0 spiro atoms. The molecule has 0 radical (unpaired) electrons. The molecule has 7 aromatic rings. The Bertz CT molecular complexity index is 2550. The van der Waals surface area contributed by atoms with Gasteiger partial charge in [-0.25, -0.2) is 0 Å². The van der Waals surface area contributed by atoms with Gasteiger partial charge in [-0.05, 0) is 146 Å². The lowest BCUT2D eigenvalue weighted by Gasteiger charge is -2.33. The molecule has 0 nitrogen and oxygen atoms in total. The molecule has 2 aromatic carbocycles. The van der Waals surface area contributed by atoms with E-state index in [1.54, 1.807) is 22.3 Å². The molecule has 0 fully saturated rings. The van der Waals surface area contributed by atoms with E-state index in [4.69, 9.17) is 0 Å². The highest BCUT2D eigenvalue weighted by Crippen LogP contribution is 2.56. The summed E-state index contributed by atoms with van der Waals surface area (Å²) in [6.45, 7) is 13.9. The first-order valence-corrected chi connectivity index (χ1v) is 29.2. The summed E-state index contributed by atoms with van der Waals surface area (Å²) in [5.74, 6) is 0. The number of thiophene rings is 5. The highest BCUT2D eigenvalue weighted by molar-refractivity contribution is 7.30. The second-order valence-corrected chi connectivity index (χ2v) is 24.3. The first-order valence-electron chi connectivity index (χ1n) is 25.2. The predicted octanol–water partition coefficient (Wildman–Crippen LogP) is 21.4. The second-order valence-electron chi connectivity index (χ2n) is 18.8. The monoisotopic (exact) mass is 940 g/mol. The molecule has 0 bridgehead atoms. The summed E-state index contributed by atoms with van der Waals surface area (Å²) in [4.78, 5) is 14.4. The lowest BCUT2D eigenvalue weighted by atomic mass is 9.70. The van der Waals surface area contributed by atoms with Crippen molar-refractivity contribution >= 4 is 56.7 Å². The molecule has 5 aromatic heterocycles. The quantitative estimate of drug-likeness (QED) is 0.0501. The van der Waals surface area contributed by atoms with Crippen molar-refractivity contribution in [1.29, 1.82) is 0 Å². The van der Waals surface area contributed by atoms with Gasteiger partial charge in [0.1, 0.15) is 0 Å². The summed E-state index contributed by atoms with van der Waals surface area (Å²) < 4.78 is 0. The van der Waals surface area contributed by atoms with Gasteiger partial charge in [-0.1, -0.05) is 153 Å². The smallest absolute Gasteiger partial charge is 0.0484 e. The first kappa shape index (κ1) is 47.4. The Morgan fingerprint density at radius 3 is 1.33 bits per heavy atom. The van der Waals surface area contributed by atoms with Crippen molar-refractivity contribution in [3.8, 4) is 60.6 Å². The van der Waals surface area contributed by atoms with E-state index in [0.717, 1.165) is 0 Å². The molecule has 1 aliphatic rings. The Balaban J connectivity index is 1.13. The van der Waals surface area contributed by atoms with Crippen LogP contribution in [-0.2, 0) is 18.3 Å². The molecule has 0 saturated carbocycles. The molecule has 5 heteroatoms. The van der Waals surface area contributed by atoms with Gasteiger partial charge in [-0.2, -0.15) is 0 Å². The van der Waals surface area contributed by atoms with Gasteiger partial charge in [0.2, 0.25) is 0 Å². The second kappa shape index (κ2) is 22.6. The highest BCUT2D eigenvalue weighted by Gasteiger charge is 2.42. The summed E-state index contributed by atoms with van der Waals surface area (Å²) in [5.41, 5.74) is 12.4. The number of fused-ring (bicyclic) bond motifs is 3. The Morgan fingerprint density at radius 1 is 0.375 bits per heavy atom. The SMILES string of the molecule is CCCCCCc1c(-c2ccc(-c3ccc(C)s3)s2)sc(-c2ccc(-c3ccc(-c4ccc5c(c4)C(CCCCCC)(CCCCCC)c4cc(C)ccc4-5)s3)s2)c1CCCCCC. The number of rotatable bonds is 25. The molecule has 0 N–H and O–H groups in total.